The third-order valence-electron chi connectivity index (χ3n) is 2.07. The number of hydrogen-bond donors (Lipinski definition) is 0. The van der Waals surface area contributed by atoms with Crippen LogP contribution in [0.4, 0.5) is 0 Å². The van der Waals surface area contributed by atoms with Crippen molar-refractivity contribution >= 4 is 21.9 Å². The summed E-state index contributed by atoms with van der Waals surface area (Å²) < 4.78 is 9.91. The van der Waals surface area contributed by atoms with Crippen LogP contribution in [0, 0.1) is 0 Å². The van der Waals surface area contributed by atoms with Gasteiger partial charge >= 0.3 is 5.97 Å². The predicted octanol–water partition coefficient (Wildman–Crippen LogP) is 2.42. The van der Waals surface area contributed by atoms with E-state index in [0.29, 0.717) is 11.3 Å². The van der Waals surface area contributed by atoms with Crippen LogP contribution in [0.25, 0.3) is 0 Å². The van der Waals surface area contributed by atoms with Crippen molar-refractivity contribution in [2.75, 3.05) is 19.5 Å². The highest BCUT2D eigenvalue weighted by Crippen LogP contribution is 2.25. The van der Waals surface area contributed by atoms with E-state index >= 15 is 0 Å². The minimum Gasteiger partial charge on any atom is -0.496 e. The number of ether oxygens (including phenoxy) is 2. The van der Waals surface area contributed by atoms with Crippen LogP contribution < -0.4 is 4.74 Å². The van der Waals surface area contributed by atoms with Gasteiger partial charge < -0.3 is 9.47 Å². The van der Waals surface area contributed by atoms with Crippen LogP contribution in [0.2, 0.25) is 0 Å². The molecule has 1 aromatic rings. The monoisotopic (exact) mass is 272 g/mol. The van der Waals surface area contributed by atoms with Crippen molar-refractivity contribution in [1.82, 2.24) is 0 Å². The summed E-state index contributed by atoms with van der Waals surface area (Å²) in [5.41, 5.74) is 1.47. The van der Waals surface area contributed by atoms with Gasteiger partial charge in [0.15, 0.2) is 0 Å². The maximum Gasteiger partial charge on any atom is 0.341 e. The third kappa shape index (κ3) is 2.72. The van der Waals surface area contributed by atoms with Gasteiger partial charge in [-0.05, 0) is 18.1 Å². The van der Waals surface area contributed by atoms with Gasteiger partial charge in [0.2, 0.25) is 0 Å². The van der Waals surface area contributed by atoms with E-state index in [1.165, 1.54) is 7.11 Å². The Morgan fingerprint density at radius 2 is 2.13 bits per heavy atom. The Labute approximate surface area is 97.5 Å². The van der Waals surface area contributed by atoms with Crippen molar-refractivity contribution < 1.29 is 14.3 Å². The highest BCUT2D eigenvalue weighted by molar-refractivity contribution is 9.09. The lowest BCUT2D eigenvalue weighted by Crippen LogP contribution is -2.06. The molecule has 0 fully saturated rings. The van der Waals surface area contributed by atoms with E-state index in [0.717, 1.165) is 17.3 Å². The summed E-state index contributed by atoms with van der Waals surface area (Å²) in [7, 11) is 2.92. The molecule has 0 heterocycles. The van der Waals surface area contributed by atoms with Crippen molar-refractivity contribution in [1.29, 1.82) is 0 Å². The Morgan fingerprint density at radius 1 is 1.40 bits per heavy atom. The zero-order valence-corrected chi connectivity index (χ0v) is 10.3. The summed E-state index contributed by atoms with van der Waals surface area (Å²) in [6, 6.07) is 5.46. The summed E-state index contributed by atoms with van der Waals surface area (Å²) in [4.78, 5) is 11.4. The molecule has 1 rings (SSSR count). The second-order valence-corrected chi connectivity index (χ2v) is 3.72. The summed E-state index contributed by atoms with van der Waals surface area (Å²) in [5.74, 6) is 0.229. The van der Waals surface area contributed by atoms with Crippen LogP contribution in [0.1, 0.15) is 15.9 Å². The first-order valence-electron chi connectivity index (χ1n) is 4.54. The molecule has 82 valence electrons. The molecule has 1 aromatic carbocycles. The summed E-state index contributed by atoms with van der Waals surface area (Å²) >= 11 is 3.36. The van der Waals surface area contributed by atoms with E-state index < -0.39 is 0 Å². The highest BCUT2D eigenvalue weighted by Gasteiger charge is 2.15. The minimum absolute atomic E-state index is 0.372. The standard InChI is InChI=1S/C11H13BrO3/c1-14-10-8(6-7-12)4-3-5-9(10)11(13)15-2/h3-5H,6-7H2,1-2H3. The topological polar surface area (TPSA) is 35.5 Å². The number of hydrogen-bond acceptors (Lipinski definition) is 3. The molecule has 0 amide bonds. The minimum atomic E-state index is -0.372. The van der Waals surface area contributed by atoms with Gasteiger partial charge in [-0.1, -0.05) is 28.1 Å². The van der Waals surface area contributed by atoms with Gasteiger partial charge in [-0.15, -0.1) is 0 Å². The van der Waals surface area contributed by atoms with Gasteiger partial charge in [-0.25, -0.2) is 4.79 Å². The number of methoxy groups -OCH3 is 2. The van der Waals surface area contributed by atoms with E-state index in [4.69, 9.17) is 4.74 Å². The average molecular weight is 273 g/mol. The number of aryl methyl sites for hydroxylation is 1. The first-order valence-corrected chi connectivity index (χ1v) is 5.67. The largest absolute Gasteiger partial charge is 0.496 e. The molecule has 0 aliphatic heterocycles. The number of carbonyl (C=O) groups is 1. The van der Waals surface area contributed by atoms with Crippen molar-refractivity contribution in [3.05, 3.63) is 29.3 Å². The molecule has 0 saturated carbocycles. The van der Waals surface area contributed by atoms with Crippen LogP contribution in [0.15, 0.2) is 18.2 Å². The molecule has 0 aliphatic rings. The molecule has 0 aliphatic carbocycles. The molecule has 0 N–H and O–H groups in total. The van der Waals surface area contributed by atoms with Crippen molar-refractivity contribution in [3.63, 3.8) is 0 Å². The molecule has 0 atom stereocenters. The average Bonchev–Trinajstić information content (AvgIpc) is 2.28. The van der Waals surface area contributed by atoms with Crippen LogP contribution in [0.3, 0.4) is 0 Å². The first kappa shape index (κ1) is 12.0. The Kier molecular flexibility index (Phi) is 4.62. The lowest BCUT2D eigenvalue weighted by atomic mass is 10.1. The van der Waals surface area contributed by atoms with Gasteiger partial charge in [-0.3, -0.25) is 0 Å². The van der Waals surface area contributed by atoms with E-state index in [1.807, 2.05) is 12.1 Å². The molecule has 15 heavy (non-hydrogen) atoms. The van der Waals surface area contributed by atoms with Gasteiger partial charge in [0, 0.05) is 5.33 Å². The number of esters is 1. The lowest BCUT2D eigenvalue weighted by Gasteiger charge is -2.11. The number of para-hydroxylation sites is 1. The first-order chi connectivity index (χ1) is 7.24. The molecular weight excluding hydrogens is 260 g/mol. The zero-order valence-electron chi connectivity index (χ0n) is 8.75. The quantitative estimate of drug-likeness (QED) is 0.624. The van der Waals surface area contributed by atoms with Crippen molar-refractivity contribution in [2.45, 2.75) is 6.42 Å². The lowest BCUT2D eigenvalue weighted by molar-refractivity contribution is 0.0597. The van der Waals surface area contributed by atoms with E-state index in [9.17, 15) is 4.79 Å². The maximum absolute atomic E-state index is 11.4. The number of alkyl halides is 1. The fourth-order valence-electron chi connectivity index (χ4n) is 1.40. The molecule has 0 radical (unpaired) electrons. The zero-order chi connectivity index (χ0) is 11.3. The van der Waals surface area contributed by atoms with E-state index in [1.54, 1.807) is 13.2 Å². The molecule has 3 nitrogen and oxygen atoms in total. The fourth-order valence-corrected chi connectivity index (χ4v) is 1.82. The third-order valence-corrected chi connectivity index (χ3v) is 2.47. The number of rotatable bonds is 4. The Bertz CT molecular complexity index is 350. The van der Waals surface area contributed by atoms with Crippen molar-refractivity contribution in [3.8, 4) is 5.75 Å². The predicted molar refractivity (Wildman–Crippen MR) is 61.8 cm³/mol. The molecule has 0 aromatic heterocycles. The Morgan fingerprint density at radius 3 is 2.67 bits per heavy atom. The van der Waals surface area contributed by atoms with E-state index in [2.05, 4.69) is 20.7 Å². The van der Waals surface area contributed by atoms with Crippen LogP contribution in [-0.2, 0) is 11.2 Å². The van der Waals surface area contributed by atoms with Crippen LogP contribution in [0.5, 0.6) is 5.75 Å². The van der Waals surface area contributed by atoms with Gasteiger partial charge in [0.1, 0.15) is 11.3 Å². The van der Waals surface area contributed by atoms with Gasteiger partial charge in [0.25, 0.3) is 0 Å². The SMILES string of the molecule is COC(=O)c1cccc(CCBr)c1OC. The molecule has 0 unspecified atom stereocenters. The smallest absolute Gasteiger partial charge is 0.341 e. The number of carbonyl (C=O) groups excluding carboxylic acids is 1. The van der Waals surface area contributed by atoms with Gasteiger partial charge in [-0.2, -0.15) is 0 Å². The van der Waals surface area contributed by atoms with Crippen LogP contribution >= 0.6 is 15.9 Å². The van der Waals surface area contributed by atoms with E-state index in [-0.39, 0.29) is 5.97 Å². The second kappa shape index (κ2) is 5.75. The Hall–Kier alpha value is -1.03. The van der Waals surface area contributed by atoms with Gasteiger partial charge in [0.05, 0.1) is 14.2 Å². The fraction of sp³-hybridized carbons (Fsp3) is 0.364. The number of halogens is 1. The normalized spacial score (nSPS) is 9.80. The van der Waals surface area contributed by atoms with Crippen molar-refractivity contribution in [2.24, 2.45) is 0 Å². The summed E-state index contributed by atoms with van der Waals surface area (Å²) in [6.45, 7) is 0. The molecule has 0 saturated heterocycles. The highest BCUT2D eigenvalue weighted by atomic mass is 79.9. The molecule has 0 spiro atoms. The van der Waals surface area contributed by atoms with Crippen LogP contribution in [-0.4, -0.2) is 25.5 Å². The molecule has 0 bridgehead atoms. The summed E-state index contributed by atoms with van der Waals surface area (Å²) in [6.07, 6.45) is 0.813. The second-order valence-electron chi connectivity index (χ2n) is 2.93. The summed E-state index contributed by atoms with van der Waals surface area (Å²) in [5, 5.41) is 0.827. The molecule has 4 heteroatoms. The number of benzene rings is 1. The Balaban J connectivity index is 3.15. The molecular formula is C11H13BrO3. The maximum atomic E-state index is 11.4.